The van der Waals surface area contributed by atoms with Gasteiger partial charge in [0.05, 0.1) is 0 Å². The smallest absolute Gasteiger partial charge is 0 e. The van der Waals surface area contributed by atoms with Crippen molar-refractivity contribution < 1.29 is 0 Å². The molecule has 0 rings (SSSR count). The van der Waals surface area contributed by atoms with Crippen LogP contribution in [0.25, 0.3) is 0 Å². The van der Waals surface area contributed by atoms with E-state index >= 15 is 0 Å². The Morgan fingerprint density at radius 1 is 0.733 bits per heavy atom. The van der Waals surface area contributed by atoms with Gasteiger partial charge in [-0.05, 0) is 0 Å². The maximum Gasteiger partial charge on any atom is 0 e. The summed E-state index contributed by atoms with van der Waals surface area (Å²) in [6.07, 6.45) is 8.12. The van der Waals surface area contributed by atoms with Gasteiger partial charge in [-0.3, -0.25) is 0 Å². The Morgan fingerprint density at radius 3 is 1.20 bits per heavy atom. The van der Waals surface area contributed by atoms with Crippen LogP contribution in [0.5, 0.6) is 0 Å². The fourth-order valence-electron chi connectivity index (χ4n) is 1.86. The summed E-state index contributed by atoms with van der Waals surface area (Å²) in [6, 6.07) is 0. The third-order valence-electron chi connectivity index (χ3n) is 2.94. The minimum atomic E-state index is -2.09. The van der Waals surface area contributed by atoms with Crippen LogP contribution in [0, 0.1) is 0 Å². The largest absolute Gasteiger partial charge is 0 e. The molecule has 0 fully saturated rings. The summed E-state index contributed by atoms with van der Waals surface area (Å²) in [4.78, 5) is 0. The van der Waals surface area contributed by atoms with Crippen molar-refractivity contribution in [2.75, 3.05) is 0 Å². The molecule has 15 heavy (non-hydrogen) atoms. The van der Waals surface area contributed by atoms with Crippen LogP contribution in [0.1, 0.15) is 59.3 Å². The number of unbranched alkanes of at least 4 members (excludes halogenated alkanes) is 3. The Bertz CT molecular complexity index is 109. The van der Waals surface area contributed by atoms with Gasteiger partial charge in [-0.25, -0.2) is 0 Å². The van der Waals surface area contributed by atoms with Gasteiger partial charge in [0.2, 0.25) is 0 Å². The minimum Gasteiger partial charge on any atom is 0 e. The zero-order chi connectivity index (χ0) is 10.9. The molecule has 1 radical (unpaired) electrons. The van der Waals surface area contributed by atoms with Crippen molar-refractivity contribution in [2.45, 2.75) is 72.6 Å². The van der Waals surface area contributed by atoms with Gasteiger partial charge < -0.3 is 0 Å². The molecule has 0 saturated heterocycles. The molecular formula is C12H27ClNaSn. The first kappa shape index (κ1) is 19.4. The van der Waals surface area contributed by atoms with E-state index in [9.17, 15) is 0 Å². The van der Waals surface area contributed by atoms with E-state index in [0.717, 1.165) is 0 Å². The number of halogens is 1. The fraction of sp³-hybridized carbons (Fsp3) is 1.00. The monoisotopic (exact) mass is 349 g/mol. The molecule has 87 valence electrons. The number of hydrogen-bond donors (Lipinski definition) is 0. The summed E-state index contributed by atoms with van der Waals surface area (Å²) in [5.74, 6) is 0. The van der Waals surface area contributed by atoms with E-state index in [0.29, 0.717) is 0 Å². The summed E-state index contributed by atoms with van der Waals surface area (Å²) in [7, 11) is 6.89. The molecular weight excluding hydrogens is 321 g/mol. The quantitative estimate of drug-likeness (QED) is 0.503. The second-order valence-corrected chi connectivity index (χ2v) is 20.7. The third kappa shape index (κ3) is 10.9. The first-order chi connectivity index (χ1) is 6.68. The van der Waals surface area contributed by atoms with E-state index in [1.54, 1.807) is 0 Å². The van der Waals surface area contributed by atoms with E-state index in [4.69, 9.17) is 8.92 Å². The molecule has 0 aromatic heterocycles. The predicted molar refractivity (Wildman–Crippen MR) is 76.5 cm³/mol. The molecule has 0 aliphatic rings. The normalized spacial score (nSPS) is 11.2. The van der Waals surface area contributed by atoms with Crippen molar-refractivity contribution in [1.82, 2.24) is 0 Å². The van der Waals surface area contributed by atoms with E-state index < -0.39 is 17.3 Å². The Labute approximate surface area is 127 Å². The van der Waals surface area contributed by atoms with E-state index in [1.807, 2.05) is 0 Å². The van der Waals surface area contributed by atoms with Crippen molar-refractivity contribution in [1.29, 1.82) is 0 Å². The van der Waals surface area contributed by atoms with Crippen LogP contribution in [-0.4, -0.2) is 46.8 Å². The van der Waals surface area contributed by atoms with Crippen molar-refractivity contribution >= 4 is 55.7 Å². The second-order valence-electron chi connectivity index (χ2n) is 4.46. The van der Waals surface area contributed by atoms with Crippen molar-refractivity contribution in [3.05, 3.63) is 0 Å². The van der Waals surface area contributed by atoms with E-state index in [1.165, 1.54) is 51.8 Å². The molecule has 0 spiro atoms. The zero-order valence-electron chi connectivity index (χ0n) is 11.2. The summed E-state index contributed by atoms with van der Waals surface area (Å²) < 4.78 is 4.27. The Hall–Kier alpha value is 2.09. The van der Waals surface area contributed by atoms with Crippen LogP contribution >= 0.6 is 8.92 Å². The van der Waals surface area contributed by atoms with Crippen LogP contribution in [0.2, 0.25) is 13.3 Å². The topological polar surface area (TPSA) is 0 Å². The molecule has 0 aromatic carbocycles. The molecule has 0 aliphatic heterocycles. The van der Waals surface area contributed by atoms with Gasteiger partial charge >= 0.3 is 98.8 Å². The first-order valence-corrected chi connectivity index (χ1v) is 16.0. The molecule has 0 saturated carbocycles. The van der Waals surface area contributed by atoms with Crippen molar-refractivity contribution in [3.63, 3.8) is 0 Å². The SMILES string of the molecule is CCC[CH2][Sn]([Cl])([CH2]CCC)[CH2]CCC.[Na]. The van der Waals surface area contributed by atoms with Crippen molar-refractivity contribution in [3.8, 4) is 0 Å². The minimum absolute atomic E-state index is 0. The fourth-order valence-corrected chi connectivity index (χ4v) is 15.1. The Balaban J connectivity index is 0. The van der Waals surface area contributed by atoms with Crippen LogP contribution in [0.4, 0.5) is 0 Å². The standard InChI is InChI=1S/3C4H9.ClH.Na.Sn/c3*1-3-4-2;;;/h3*1,3-4H2,2H3;1H;;/q;;;;;+1/p-1. The van der Waals surface area contributed by atoms with Crippen LogP contribution in [0.3, 0.4) is 0 Å². The summed E-state index contributed by atoms with van der Waals surface area (Å²) >= 11 is -2.09. The van der Waals surface area contributed by atoms with Crippen molar-refractivity contribution in [2.24, 2.45) is 0 Å². The molecule has 0 unspecified atom stereocenters. The van der Waals surface area contributed by atoms with Gasteiger partial charge in [0.25, 0.3) is 0 Å². The van der Waals surface area contributed by atoms with Crippen LogP contribution in [-0.2, 0) is 0 Å². The zero-order valence-corrected chi connectivity index (χ0v) is 16.9. The van der Waals surface area contributed by atoms with E-state index in [2.05, 4.69) is 20.8 Å². The van der Waals surface area contributed by atoms with Gasteiger partial charge in [-0.15, -0.1) is 0 Å². The van der Waals surface area contributed by atoms with Gasteiger partial charge in [0.1, 0.15) is 0 Å². The maximum absolute atomic E-state index is 6.89. The van der Waals surface area contributed by atoms with Crippen LogP contribution < -0.4 is 0 Å². The summed E-state index contributed by atoms with van der Waals surface area (Å²) in [5, 5.41) is 0. The van der Waals surface area contributed by atoms with Gasteiger partial charge in [0.15, 0.2) is 0 Å². The Morgan fingerprint density at radius 2 is 1.00 bits per heavy atom. The molecule has 0 N–H and O–H groups in total. The van der Waals surface area contributed by atoms with Gasteiger partial charge in [0, 0.05) is 29.6 Å². The molecule has 0 aromatic rings. The molecule has 0 nitrogen and oxygen atoms in total. The average molecular weight is 349 g/mol. The Kier molecular flexibility index (Phi) is 16.2. The third-order valence-corrected chi connectivity index (χ3v) is 17.4. The average Bonchev–Trinajstić information content (AvgIpc) is 2.21. The summed E-state index contributed by atoms with van der Waals surface area (Å²) in [5.41, 5.74) is 0. The first-order valence-electron chi connectivity index (χ1n) is 6.37. The molecule has 3 heteroatoms. The van der Waals surface area contributed by atoms with Gasteiger partial charge in [-0.2, -0.15) is 0 Å². The van der Waals surface area contributed by atoms with Crippen LogP contribution in [0.15, 0.2) is 0 Å². The molecule has 0 amide bonds. The number of rotatable bonds is 9. The summed E-state index contributed by atoms with van der Waals surface area (Å²) in [6.45, 7) is 6.84. The molecule has 0 aliphatic carbocycles. The molecule has 0 heterocycles. The van der Waals surface area contributed by atoms with E-state index in [-0.39, 0.29) is 29.6 Å². The molecule has 0 atom stereocenters. The molecule has 0 bridgehead atoms. The maximum atomic E-state index is 6.89. The van der Waals surface area contributed by atoms with Gasteiger partial charge in [-0.1, -0.05) is 0 Å². The predicted octanol–water partition coefficient (Wildman–Crippen LogP) is 5.19. The number of hydrogen-bond acceptors (Lipinski definition) is 0. The second kappa shape index (κ2) is 12.5.